The number of hydrogen-bond donors (Lipinski definition) is 1. The number of aromatic nitrogens is 1. The zero-order valence-electron chi connectivity index (χ0n) is 10.1. The van der Waals surface area contributed by atoms with Crippen LogP contribution in [-0.2, 0) is 0 Å². The molecule has 1 fully saturated rings. The van der Waals surface area contributed by atoms with Crippen LogP contribution in [0.4, 0.5) is 0 Å². The summed E-state index contributed by atoms with van der Waals surface area (Å²) in [6.07, 6.45) is 6.07. The molecule has 1 saturated heterocycles. The van der Waals surface area contributed by atoms with Crippen molar-refractivity contribution < 1.29 is 0 Å². The summed E-state index contributed by atoms with van der Waals surface area (Å²) in [6.45, 7) is 1.95. The molecule has 1 aliphatic rings. The zero-order chi connectivity index (χ0) is 12.5. The Bertz CT molecular complexity index is 557. The summed E-state index contributed by atoms with van der Waals surface area (Å²) in [5.74, 6) is 6.44. The number of nitrogens with two attached hydrogens (primary N) is 1. The first-order valence-electron chi connectivity index (χ1n) is 6.27. The smallest absolute Gasteiger partial charge is 0.0440 e. The molecule has 2 aromatic rings. The van der Waals surface area contributed by atoms with Crippen LogP contribution in [0, 0.1) is 0 Å². The third-order valence-electron chi connectivity index (χ3n) is 3.74. The van der Waals surface area contributed by atoms with Gasteiger partial charge in [0.2, 0.25) is 0 Å². The molecule has 2 N–H and O–H groups in total. The van der Waals surface area contributed by atoms with E-state index in [4.69, 9.17) is 5.84 Å². The predicted molar refractivity (Wildman–Crippen MR) is 77.2 cm³/mol. The summed E-state index contributed by atoms with van der Waals surface area (Å²) < 4.78 is 1.09. The van der Waals surface area contributed by atoms with Gasteiger partial charge in [-0.1, -0.05) is 18.2 Å². The number of hydrogen-bond acceptors (Lipinski definition) is 3. The molecule has 0 atom stereocenters. The monoisotopic (exact) mass is 305 g/mol. The highest BCUT2D eigenvalue weighted by atomic mass is 79.9. The molecule has 3 rings (SSSR count). The quantitative estimate of drug-likeness (QED) is 0.823. The molecular formula is C14H16BrN3. The van der Waals surface area contributed by atoms with Gasteiger partial charge >= 0.3 is 0 Å². The topological polar surface area (TPSA) is 42.1 Å². The molecule has 0 unspecified atom stereocenters. The summed E-state index contributed by atoms with van der Waals surface area (Å²) in [5.41, 5.74) is 1.43. The minimum Gasteiger partial charge on any atom is -0.269 e. The van der Waals surface area contributed by atoms with Crippen molar-refractivity contribution >= 4 is 26.7 Å². The second-order valence-electron chi connectivity index (χ2n) is 4.88. The summed E-state index contributed by atoms with van der Waals surface area (Å²) in [4.78, 5) is 4.24. The lowest BCUT2D eigenvalue weighted by molar-refractivity contribution is 0.218. The highest BCUT2D eigenvalue weighted by Gasteiger charge is 2.21. The van der Waals surface area contributed by atoms with Gasteiger partial charge in [-0.05, 0) is 40.3 Å². The van der Waals surface area contributed by atoms with E-state index in [9.17, 15) is 0 Å². The molecule has 4 heteroatoms. The van der Waals surface area contributed by atoms with Gasteiger partial charge in [0.1, 0.15) is 0 Å². The maximum absolute atomic E-state index is 5.83. The Morgan fingerprint density at radius 1 is 1.22 bits per heavy atom. The Morgan fingerprint density at radius 2 is 2.00 bits per heavy atom. The first kappa shape index (κ1) is 12.1. The Kier molecular flexibility index (Phi) is 3.33. The van der Waals surface area contributed by atoms with Gasteiger partial charge in [-0.3, -0.25) is 10.8 Å². The number of halogens is 1. The van der Waals surface area contributed by atoms with Crippen molar-refractivity contribution in [2.24, 2.45) is 5.84 Å². The average Bonchev–Trinajstić information content (AvgIpc) is 2.39. The van der Waals surface area contributed by atoms with Crippen LogP contribution in [0.5, 0.6) is 0 Å². The lowest BCUT2D eigenvalue weighted by Crippen LogP contribution is -2.38. The number of fused-ring (bicyclic) bond motifs is 1. The molecule has 94 valence electrons. The van der Waals surface area contributed by atoms with Crippen LogP contribution >= 0.6 is 15.9 Å². The Morgan fingerprint density at radius 3 is 2.78 bits per heavy atom. The van der Waals surface area contributed by atoms with Gasteiger partial charge in [0.15, 0.2) is 0 Å². The van der Waals surface area contributed by atoms with Crippen molar-refractivity contribution in [2.75, 3.05) is 13.1 Å². The van der Waals surface area contributed by atoms with Gasteiger partial charge in [-0.15, -0.1) is 0 Å². The number of rotatable bonds is 1. The molecule has 0 amide bonds. The van der Waals surface area contributed by atoms with E-state index in [1.165, 1.54) is 16.3 Å². The zero-order valence-corrected chi connectivity index (χ0v) is 11.7. The summed E-state index contributed by atoms with van der Waals surface area (Å²) in [6, 6.07) is 6.49. The van der Waals surface area contributed by atoms with Gasteiger partial charge in [0.05, 0.1) is 0 Å². The average molecular weight is 306 g/mol. The Hall–Kier alpha value is -0.970. The number of piperidine rings is 1. The predicted octanol–water partition coefficient (Wildman–Crippen LogP) is 3.05. The number of nitrogens with zero attached hydrogens (tertiary/aromatic N) is 2. The number of hydrazine groups is 1. The minimum atomic E-state index is 0.604. The molecule has 1 aromatic carbocycles. The van der Waals surface area contributed by atoms with Crippen LogP contribution in [0.25, 0.3) is 10.8 Å². The van der Waals surface area contributed by atoms with Crippen molar-refractivity contribution in [1.82, 2.24) is 9.99 Å². The van der Waals surface area contributed by atoms with Crippen molar-refractivity contribution in [3.8, 4) is 0 Å². The van der Waals surface area contributed by atoms with Crippen molar-refractivity contribution in [3.63, 3.8) is 0 Å². The maximum Gasteiger partial charge on any atom is 0.0440 e. The van der Waals surface area contributed by atoms with Crippen LogP contribution in [0.3, 0.4) is 0 Å². The third kappa shape index (κ3) is 2.16. The van der Waals surface area contributed by atoms with Crippen LogP contribution in [-0.4, -0.2) is 23.1 Å². The number of pyridine rings is 1. The number of benzene rings is 1. The second kappa shape index (κ2) is 4.96. The van der Waals surface area contributed by atoms with E-state index in [-0.39, 0.29) is 0 Å². The maximum atomic E-state index is 5.83. The van der Waals surface area contributed by atoms with E-state index in [1.807, 2.05) is 17.4 Å². The molecule has 0 radical (unpaired) electrons. The highest BCUT2D eigenvalue weighted by molar-refractivity contribution is 9.10. The normalized spacial score (nSPS) is 18.3. The summed E-state index contributed by atoms with van der Waals surface area (Å²) >= 11 is 3.63. The van der Waals surface area contributed by atoms with Crippen molar-refractivity contribution in [2.45, 2.75) is 18.8 Å². The van der Waals surface area contributed by atoms with Crippen LogP contribution in [0.2, 0.25) is 0 Å². The third-order valence-corrected chi connectivity index (χ3v) is 4.34. The fourth-order valence-corrected chi connectivity index (χ4v) is 3.35. The van der Waals surface area contributed by atoms with E-state index in [1.54, 1.807) is 0 Å². The Balaban J connectivity index is 2.06. The van der Waals surface area contributed by atoms with E-state index >= 15 is 0 Å². The highest BCUT2D eigenvalue weighted by Crippen LogP contribution is 2.35. The first-order valence-corrected chi connectivity index (χ1v) is 7.07. The van der Waals surface area contributed by atoms with Crippen molar-refractivity contribution in [3.05, 3.63) is 40.6 Å². The van der Waals surface area contributed by atoms with Crippen molar-refractivity contribution in [1.29, 1.82) is 0 Å². The van der Waals surface area contributed by atoms with Gasteiger partial charge < -0.3 is 0 Å². The molecule has 3 nitrogen and oxygen atoms in total. The van der Waals surface area contributed by atoms with Gasteiger partial charge in [0.25, 0.3) is 0 Å². The molecule has 0 aliphatic carbocycles. The van der Waals surface area contributed by atoms with E-state index < -0.39 is 0 Å². The Labute approximate surface area is 115 Å². The van der Waals surface area contributed by atoms with Gasteiger partial charge in [-0.25, -0.2) is 5.01 Å². The molecule has 2 heterocycles. The van der Waals surface area contributed by atoms with E-state index in [0.717, 1.165) is 30.4 Å². The lowest BCUT2D eigenvalue weighted by Gasteiger charge is -2.29. The minimum absolute atomic E-state index is 0.604. The van der Waals surface area contributed by atoms with Crippen LogP contribution in [0.15, 0.2) is 35.1 Å². The summed E-state index contributed by atoms with van der Waals surface area (Å²) in [5, 5.41) is 4.43. The van der Waals surface area contributed by atoms with Gasteiger partial charge in [-0.2, -0.15) is 0 Å². The SMILES string of the molecule is NN1CCC(c2cccc3cncc(Br)c23)CC1. The van der Waals surface area contributed by atoms with E-state index in [2.05, 4.69) is 39.1 Å². The largest absolute Gasteiger partial charge is 0.269 e. The second-order valence-corrected chi connectivity index (χ2v) is 5.73. The van der Waals surface area contributed by atoms with E-state index in [0.29, 0.717) is 5.92 Å². The molecule has 1 aromatic heterocycles. The molecule has 0 bridgehead atoms. The fraction of sp³-hybridized carbons (Fsp3) is 0.357. The molecule has 18 heavy (non-hydrogen) atoms. The molecular weight excluding hydrogens is 290 g/mol. The molecule has 0 spiro atoms. The van der Waals surface area contributed by atoms with Crippen LogP contribution in [0.1, 0.15) is 24.3 Å². The lowest BCUT2D eigenvalue weighted by atomic mass is 9.87. The standard InChI is InChI=1S/C14H16BrN3/c15-13-9-17-8-11-2-1-3-12(14(11)13)10-4-6-18(16)7-5-10/h1-3,8-10H,4-7,16H2. The van der Waals surface area contributed by atoms with Gasteiger partial charge in [0, 0.05) is 40.7 Å². The fourth-order valence-electron chi connectivity index (χ4n) is 2.77. The molecule has 1 aliphatic heterocycles. The summed E-state index contributed by atoms with van der Waals surface area (Å²) in [7, 11) is 0. The van der Waals surface area contributed by atoms with Crippen LogP contribution < -0.4 is 5.84 Å². The first-order chi connectivity index (χ1) is 8.75. The molecule has 0 saturated carbocycles.